The van der Waals surface area contributed by atoms with Gasteiger partial charge in [-0.2, -0.15) is 0 Å². The third-order valence-electron chi connectivity index (χ3n) is 6.07. The molecule has 1 aliphatic heterocycles. The maximum Gasteiger partial charge on any atom is 0.323 e. The molecule has 1 aliphatic rings. The number of amidine groups is 1. The first kappa shape index (κ1) is 28.8. The first-order valence-corrected chi connectivity index (χ1v) is 11.2. The fraction of sp³-hybridized carbons (Fsp3) is 0.385. The summed E-state index contributed by atoms with van der Waals surface area (Å²) in [7, 11) is 4.73. The number of carbonyl (C=O) groups is 3. The van der Waals surface area contributed by atoms with Gasteiger partial charge in [-0.25, -0.2) is 0 Å². The highest BCUT2D eigenvalue weighted by atomic mass is 79.9. The van der Waals surface area contributed by atoms with E-state index in [-0.39, 0.29) is 53.0 Å². The van der Waals surface area contributed by atoms with Crippen LogP contribution in [0.4, 0.5) is 5.69 Å². The number of nitrogens with one attached hydrogen (secondary N) is 2. The predicted molar refractivity (Wildman–Crippen MR) is 144 cm³/mol. The van der Waals surface area contributed by atoms with Gasteiger partial charge in [0, 0.05) is 37.5 Å². The lowest BCUT2D eigenvalue weighted by molar-refractivity contribution is -0.135. The lowest BCUT2D eigenvalue weighted by Crippen LogP contribution is -2.31. The lowest BCUT2D eigenvalue weighted by atomic mass is 9.84. The van der Waals surface area contributed by atoms with Gasteiger partial charge in [0.1, 0.15) is 18.1 Å². The number of benzene rings is 2. The van der Waals surface area contributed by atoms with E-state index in [1.165, 1.54) is 14.2 Å². The fourth-order valence-electron chi connectivity index (χ4n) is 4.24. The van der Waals surface area contributed by atoms with Gasteiger partial charge in [-0.1, -0.05) is 20.8 Å². The van der Waals surface area contributed by atoms with Crippen molar-refractivity contribution < 1.29 is 24.2 Å². The van der Waals surface area contributed by atoms with Crippen molar-refractivity contribution in [3.05, 3.63) is 58.1 Å². The molecule has 0 saturated heterocycles. The van der Waals surface area contributed by atoms with Crippen LogP contribution in [0.3, 0.4) is 0 Å². The number of methoxy groups -OCH3 is 1. The van der Waals surface area contributed by atoms with Gasteiger partial charge >= 0.3 is 5.97 Å². The molecule has 2 aromatic rings. The predicted octanol–water partition coefficient (Wildman–Crippen LogP) is 3.47. The number of carboxylic acids is 1. The summed E-state index contributed by atoms with van der Waals surface area (Å²) >= 11 is 0. The van der Waals surface area contributed by atoms with Crippen molar-refractivity contribution in [2.45, 2.75) is 32.7 Å². The Hall–Kier alpha value is -3.40. The first-order chi connectivity index (χ1) is 16.4. The Morgan fingerprint density at radius 3 is 2.42 bits per heavy atom. The van der Waals surface area contributed by atoms with E-state index < -0.39 is 5.97 Å². The standard InChI is InChI=1S/C26H32N4O5.BrH/c1-26(2,3)19-9-15(7-8-20(19)29(5)14-23(32)33)21(31)13-30-12-16-10-22(35-6)18(25(34)28-4)11-17(16)24(30)27;/h7-11,27H,12-14H2,1-6H3,(H,28,34)(H,32,33);1H. The summed E-state index contributed by atoms with van der Waals surface area (Å²) in [5, 5.41) is 20.4. The Balaban J connectivity index is 0.00000456. The normalized spacial score (nSPS) is 12.5. The third kappa shape index (κ3) is 5.87. The van der Waals surface area contributed by atoms with Gasteiger partial charge in [0.2, 0.25) is 0 Å². The fourth-order valence-corrected chi connectivity index (χ4v) is 4.24. The van der Waals surface area contributed by atoms with E-state index in [0.29, 0.717) is 29.0 Å². The van der Waals surface area contributed by atoms with Crippen LogP contribution in [0.15, 0.2) is 30.3 Å². The monoisotopic (exact) mass is 560 g/mol. The second kappa shape index (κ2) is 11.1. The Kier molecular flexibility index (Phi) is 8.90. The van der Waals surface area contributed by atoms with E-state index in [2.05, 4.69) is 5.32 Å². The molecule has 0 fully saturated rings. The van der Waals surface area contributed by atoms with Crippen molar-refractivity contribution in [3.8, 4) is 5.75 Å². The van der Waals surface area contributed by atoms with Crippen LogP contribution in [0, 0.1) is 5.41 Å². The van der Waals surface area contributed by atoms with Gasteiger partial charge in [-0.3, -0.25) is 19.8 Å². The number of ether oxygens (including phenoxy) is 1. The van der Waals surface area contributed by atoms with Gasteiger partial charge in [0.25, 0.3) is 5.91 Å². The Bertz CT molecular complexity index is 1210. The van der Waals surface area contributed by atoms with E-state index in [4.69, 9.17) is 10.1 Å². The molecule has 0 saturated carbocycles. The molecule has 0 radical (unpaired) electrons. The van der Waals surface area contributed by atoms with Gasteiger partial charge in [0.05, 0.1) is 19.2 Å². The number of Topliss-reactive ketones (excluding diaryl/α,β-unsaturated/α-hetero) is 1. The highest BCUT2D eigenvalue weighted by molar-refractivity contribution is 8.93. The molecule has 1 amide bonds. The number of carboxylic acid groups (broad SMARTS) is 1. The number of fused-ring (bicyclic) bond motifs is 1. The average molecular weight is 561 g/mol. The number of nitrogens with zero attached hydrogens (tertiary/aromatic N) is 2. The van der Waals surface area contributed by atoms with Crippen molar-refractivity contribution in [1.29, 1.82) is 5.41 Å². The lowest BCUT2D eigenvalue weighted by Gasteiger charge is -2.28. The molecule has 10 heteroatoms. The number of hydrogen-bond donors (Lipinski definition) is 3. The summed E-state index contributed by atoms with van der Waals surface area (Å²) < 4.78 is 5.36. The van der Waals surface area contributed by atoms with Crippen LogP contribution in [0.25, 0.3) is 0 Å². The van der Waals surface area contributed by atoms with E-state index in [0.717, 1.165) is 16.8 Å². The summed E-state index contributed by atoms with van der Waals surface area (Å²) in [4.78, 5) is 40.0. The van der Waals surface area contributed by atoms with Crippen LogP contribution >= 0.6 is 17.0 Å². The molecule has 3 rings (SSSR count). The zero-order valence-corrected chi connectivity index (χ0v) is 23.1. The molecular weight excluding hydrogens is 528 g/mol. The minimum atomic E-state index is -0.934. The average Bonchev–Trinajstić information content (AvgIpc) is 3.10. The van der Waals surface area contributed by atoms with Crippen molar-refractivity contribution in [2.24, 2.45) is 0 Å². The summed E-state index contributed by atoms with van der Waals surface area (Å²) in [5.74, 6) is -0.806. The van der Waals surface area contributed by atoms with E-state index in [1.807, 2.05) is 26.8 Å². The molecule has 0 spiro atoms. The summed E-state index contributed by atoms with van der Waals surface area (Å²) in [6, 6.07) is 8.66. The van der Waals surface area contributed by atoms with E-state index in [1.54, 1.807) is 41.1 Å². The Morgan fingerprint density at radius 1 is 1.19 bits per heavy atom. The van der Waals surface area contributed by atoms with Gasteiger partial charge < -0.3 is 25.0 Å². The summed E-state index contributed by atoms with van der Waals surface area (Å²) in [6.07, 6.45) is 0. The first-order valence-electron chi connectivity index (χ1n) is 11.2. The quantitative estimate of drug-likeness (QED) is 0.422. The highest BCUT2D eigenvalue weighted by Crippen LogP contribution is 2.34. The number of amides is 1. The van der Waals surface area contributed by atoms with Crippen molar-refractivity contribution >= 4 is 46.2 Å². The van der Waals surface area contributed by atoms with Crippen LogP contribution in [-0.2, 0) is 16.8 Å². The molecule has 9 nitrogen and oxygen atoms in total. The number of rotatable bonds is 8. The van der Waals surface area contributed by atoms with E-state index in [9.17, 15) is 19.5 Å². The van der Waals surface area contributed by atoms with Crippen LogP contribution < -0.4 is 15.0 Å². The second-order valence-electron chi connectivity index (χ2n) is 9.65. The number of ketones is 1. The van der Waals surface area contributed by atoms with Crippen LogP contribution in [-0.4, -0.2) is 67.8 Å². The van der Waals surface area contributed by atoms with Crippen LogP contribution in [0.5, 0.6) is 5.75 Å². The third-order valence-corrected chi connectivity index (χ3v) is 6.07. The minimum absolute atomic E-state index is 0. The van der Waals surface area contributed by atoms with Crippen LogP contribution in [0.1, 0.15) is 58.2 Å². The van der Waals surface area contributed by atoms with Gasteiger partial charge in [0.15, 0.2) is 5.78 Å². The molecule has 0 aliphatic carbocycles. The molecule has 36 heavy (non-hydrogen) atoms. The van der Waals surface area contributed by atoms with Crippen molar-refractivity contribution in [2.75, 3.05) is 39.2 Å². The number of hydrogen-bond acceptors (Lipinski definition) is 6. The number of anilines is 1. The Morgan fingerprint density at radius 2 is 1.86 bits per heavy atom. The highest BCUT2D eigenvalue weighted by Gasteiger charge is 2.30. The Labute approximate surface area is 221 Å². The number of carbonyl (C=O) groups excluding carboxylic acids is 2. The topological polar surface area (TPSA) is 123 Å². The van der Waals surface area contributed by atoms with Gasteiger partial charge in [-0.15, -0.1) is 17.0 Å². The SMILES string of the molecule is Br.CNC(=O)c1cc2c(cc1OC)CN(CC(=O)c1ccc(N(C)CC(=O)O)c(C(C)(C)C)c1)C2=N. The smallest absolute Gasteiger partial charge is 0.323 e. The second-order valence-corrected chi connectivity index (χ2v) is 9.65. The molecule has 194 valence electrons. The maximum atomic E-state index is 13.2. The molecule has 2 aromatic carbocycles. The summed E-state index contributed by atoms with van der Waals surface area (Å²) in [5.41, 5.74) is 3.55. The molecule has 3 N–H and O–H groups in total. The molecule has 0 bridgehead atoms. The van der Waals surface area contributed by atoms with Crippen LogP contribution in [0.2, 0.25) is 0 Å². The molecule has 1 heterocycles. The summed E-state index contributed by atoms with van der Waals surface area (Å²) in [6.45, 7) is 6.24. The van der Waals surface area contributed by atoms with E-state index >= 15 is 0 Å². The zero-order valence-electron chi connectivity index (χ0n) is 21.4. The number of aliphatic carboxylic acids is 1. The molecule has 0 atom stereocenters. The number of likely N-dealkylation sites (N-methyl/N-ethyl adjacent to an activating group) is 1. The zero-order chi connectivity index (χ0) is 26.1. The minimum Gasteiger partial charge on any atom is -0.496 e. The van der Waals surface area contributed by atoms with Gasteiger partial charge in [-0.05, 0) is 46.9 Å². The largest absolute Gasteiger partial charge is 0.496 e. The number of halogens is 1. The molecule has 0 unspecified atom stereocenters. The molecule has 0 aromatic heterocycles. The van der Waals surface area contributed by atoms with Crippen molar-refractivity contribution in [1.82, 2.24) is 10.2 Å². The molecular formula is C26H33BrN4O5. The van der Waals surface area contributed by atoms with Crippen molar-refractivity contribution in [3.63, 3.8) is 0 Å². The maximum absolute atomic E-state index is 13.2.